The van der Waals surface area contributed by atoms with E-state index >= 15 is 0 Å². The number of aromatic nitrogens is 6. The van der Waals surface area contributed by atoms with Crippen LogP contribution in [-0.4, -0.2) is 60.6 Å². The zero-order chi connectivity index (χ0) is 28.3. The second-order valence-corrected chi connectivity index (χ2v) is 9.87. The van der Waals surface area contributed by atoms with Gasteiger partial charge in [0.25, 0.3) is 11.9 Å². The van der Waals surface area contributed by atoms with Gasteiger partial charge in [-0.15, -0.1) is 10.2 Å². The molecule has 39 heavy (non-hydrogen) atoms. The second kappa shape index (κ2) is 11.4. The minimum absolute atomic E-state index is 0.0163. The first-order chi connectivity index (χ1) is 18.5. The van der Waals surface area contributed by atoms with E-state index in [1.807, 2.05) is 13.8 Å². The third-order valence-electron chi connectivity index (χ3n) is 6.90. The zero-order valence-electron chi connectivity index (χ0n) is 22.1. The van der Waals surface area contributed by atoms with Gasteiger partial charge in [-0.2, -0.15) is 14.6 Å². The van der Waals surface area contributed by atoms with Gasteiger partial charge in [0.2, 0.25) is 17.7 Å². The average Bonchev–Trinajstić information content (AvgIpc) is 3.54. The summed E-state index contributed by atoms with van der Waals surface area (Å²) in [4.78, 5) is 26.6. The molecule has 0 spiro atoms. The molecule has 2 atom stereocenters. The predicted octanol–water partition coefficient (Wildman–Crippen LogP) is 3.77. The molecule has 1 saturated carbocycles. The van der Waals surface area contributed by atoms with Crippen LogP contribution in [0.5, 0.6) is 5.88 Å². The quantitative estimate of drug-likeness (QED) is 0.417. The van der Waals surface area contributed by atoms with Crippen molar-refractivity contribution in [3.05, 3.63) is 47.9 Å². The second-order valence-electron chi connectivity index (χ2n) is 9.87. The summed E-state index contributed by atoms with van der Waals surface area (Å²) in [5, 5.41) is 20.8. The highest BCUT2D eigenvalue weighted by molar-refractivity contribution is 6.00. The van der Waals surface area contributed by atoms with Crippen molar-refractivity contribution in [2.75, 3.05) is 12.4 Å². The topological polar surface area (TPSA) is 129 Å². The Labute approximate surface area is 223 Å². The standard InChI is InChI=1S/C25H31F3N8O3/c1-14(2)36-19(8-12-30-36)22(37)32-20(16-5-9-25(27,28)10-6-16)23(38)31-18-13-35(34-21(18)26)15(3)17-7-11-29-33-24(17)39-4/h7-8,11-16,20H,5-6,9-10H2,1-4H3,(H,31,38)(H,32,37). The maximum Gasteiger partial charge on any atom is 0.270 e. The molecule has 3 heterocycles. The Bertz CT molecular complexity index is 1320. The van der Waals surface area contributed by atoms with Crippen molar-refractivity contribution in [2.24, 2.45) is 5.92 Å². The Balaban J connectivity index is 1.56. The molecule has 3 aromatic rings. The van der Waals surface area contributed by atoms with Crippen LogP contribution >= 0.6 is 0 Å². The minimum atomic E-state index is -2.83. The molecule has 0 saturated heterocycles. The third kappa shape index (κ3) is 6.20. The summed E-state index contributed by atoms with van der Waals surface area (Å²) < 4.78 is 50.6. The summed E-state index contributed by atoms with van der Waals surface area (Å²) in [6.45, 7) is 5.42. The summed E-state index contributed by atoms with van der Waals surface area (Å²) in [6.07, 6.45) is 3.44. The molecule has 3 aromatic heterocycles. The number of nitrogens with zero attached hydrogens (tertiary/aromatic N) is 6. The smallest absolute Gasteiger partial charge is 0.270 e. The number of hydrogen-bond donors (Lipinski definition) is 2. The highest BCUT2D eigenvalue weighted by Crippen LogP contribution is 2.38. The number of alkyl halides is 2. The molecule has 1 aliphatic rings. The van der Waals surface area contributed by atoms with Crippen molar-refractivity contribution in [1.82, 2.24) is 35.1 Å². The van der Waals surface area contributed by atoms with E-state index in [2.05, 4.69) is 31.0 Å². The van der Waals surface area contributed by atoms with E-state index in [0.717, 1.165) is 0 Å². The normalized spacial score (nSPS) is 17.0. The number of carbonyl (C=O) groups excluding carboxylic acids is 2. The molecule has 1 aliphatic carbocycles. The SMILES string of the molecule is COc1nnccc1C(C)n1cc(NC(=O)C(NC(=O)c2ccnn2C(C)C)C2CCC(F)(F)CC2)c(F)n1. The number of rotatable bonds is 9. The summed E-state index contributed by atoms with van der Waals surface area (Å²) in [5.41, 5.74) is 0.583. The fraction of sp³-hybridized carbons (Fsp3) is 0.520. The molecule has 0 aromatic carbocycles. The monoisotopic (exact) mass is 548 g/mol. The zero-order valence-corrected chi connectivity index (χ0v) is 22.1. The molecular weight excluding hydrogens is 517 g/mol. The fourth-order valence-corrected chi connectivity index (χ4v) is 4.72. The largest absolute Gasteiger partial charge is 0.480 e. The Morgan fingerprint density at radius 1 is 1.15 bits per heavy atom. The van der Waals surface area contributed by atoms with Crippen molar-refractivity contribution < 1.29 is 27.5 Å². The molecule has 1 fully saturated rings. The summed E-state index contributed by atoms with van der Waals surface area (Å²) in [5.74, 6) is -5.43. The predicted molar refractivity (Wildman–Crippen MR) is 134 cm³/mol. The van der Waals surface area contributed by atoms with Gasteiger partial charge in [-0.1, -0.05) is 0 Å². The highest BCUT2D eigenvalue weighted by Gasteiger charge is 2.41. The number of carbonyl (C=O) groups is 2. The van der Waals surface area contributed by atoms with Crippen LogP contribution in [0.3, 0.4) is 0 Å². The van der Waals surface area contributed by atoms with E-state index in [9.17, 15) is 22.8 Å². The van der Waals surface area contributed by atoms with Crippen LogP contribution in [0.1, 0.15) is 74.6 Å². The number of methoxy groups -OCH3 is 1. The first kappa shape index (κ1) is 28.0. The molecule has 2 N–H and O–H groups in total. The molecule has 0 bridgehead atoms. The van der Waals surface area contributed by atoms with E-state index in [1.54, 1.807) is 13.0 Å². The van der Waals surface area contributed by atoms with Gasteiger partial charge in [0, 0.05) is 30.6 Å². The molecule has 4 rings (SSSR count). The lowest BCUT2D eigenvalue weighted by molar-refractivity contribution is -0.121. The first-order valence-corrected chi connectivity index (χ1v) is 12.6. The number of amides is 2. The number of ether oxygens (including phenoxy) is 1. The van der Waals surface area contributed by atoms with Crippen molar-refractivity contribution >= 4 is 17.5 Å². The number of anilines is 1. The van der Waals surface area contributed by atoms with Gasteiger partial charge in [0.15, 0.2) is 0 Å². The van der Waals surface area contributed by atoms with Crippen LogP contribution in [0.4, 0.5) is 18.9 Å². The van der Waals surface area contributed by atoms with Crippen LogP contribution in [0, 0.1) is 11.9 Å². The summed E-state index contributed by atoms with van der Waals surface area (Å²) >= 11 is 0. The highest BCUT2D eigenvalue weighted by atomic mass is 19.3. The lowest BCUT2D eigenvalue weighted by Gasteiger charge is -2.33. The van der Waals surface area contributed by atoms with Gasteiger partial charge in [-0.3, -0.25) is 19.0 Å². The summed E-state index contributed by atoms with van der Waals surface area (Å²) in [6, 6.07) is 1.32. The Morgan fingerprint density at radius 3 is 2.54 bits per heavy atom. The fourth-order valence-electron chi connectivity index (χ4n) is 4.72. The van der Waals surface area contributed by atoms with Gasteiger partial charge in [0.1, 0.15) is 17.4 Å². The van der Waals surface area contributed by atoms with E-state index in [-0.39, 0.29) is 36.1 Å². The molecule has 0 aliphatic heterocycles. The molecule has 2 amide bonds. The number of halogens is 3. The van der Waals surface area contributed by atoms with Crippen molar-refractivity contribution in [3.63, 3.8) is 0 Å². The van der Waals surface area contributed by atoms with Crippen LogP contribution in [0.2, 0.25) is 0 Å². The van der Waals surface area contributed by atoms with Crippen LogP contribution < -0.4 is 15.4 Å². The van der Waals surface area contributed by atoms with Crippen LogP contribution in [-0.2, 0) is 4.79 Å². The molecule has 210 valence electrons. The van der Waals surface area contributed by atoms with E-state index in [4.69, 9.17) is 4.74 Å². The van der Waals surface area contributed by atoms with Gasteiger partial charge in [0.05, 0.1) is 25.5 Å². The van der Waals surface area contributed by atoms with E-state index in [0.29, 0.717) is 5.56 Å². The van der Waals surface area contributed by atoms with E-state index in [1.165, 1.54) is 41.1 Å². The van der Waals surface area contributed by atoms with Crippen molar-refractivity contribution in [3.8, 4) is 5.88 Å². The molecule has 2 unspecified atom stereocenters. The average molecular weight is 549 g/mol. The van der Waals surface area contributed by atoms with Gasteiger partial charge >= 0.3 is 0 Å². The molecule has 14 heteroatoms. The maximum absolute atomic E-state index is 14.9. The lowest BCUT2D eigenvalue weighted by atomic mass is 9.81. The van der Waals surface area contributed by atoms with Crippen LogP contribution in [0.15, 0.2) is 30.7 Å². The molecular formula is C25H31F3N8O3. The minimum Gasteiger partial charge on any atom is -0.480 e. The van der Waals surface area contributed by atoms with E-state index < -0.39 is 54.5 Å². The first-order valence-electron chi connectivity index (χ1n) is 12.6. The Hall–Kier alpha value is -3.97. The molecule has 11 nitrogen and oxygen atoms in total. The Morgan fingerprint density at radius 2 is 1.87 bits per heavy atom. The van der Waals surface area contributed by atoms with Crippen molar-refractivity contribution in [2.45, 2.75) is 70.5 Å². The number of nitrogens with one attached hydrogen (secondary N) is 2. The molecule has 0 radical (unpaired) electrons. The lowest BCUT2D eigenvalue weighted by Crippen LogP contribution is -2.50. The Kier molecular flexibility index (Phi) is 8.21. The van der Waals surface area contributed by atoms with Crippen molar-refractivity contribution in [1.29, 1.82) is 0 Å². The van der Waals surface area contributed by atoms with Gasteiger partial charge < -0.3 is 15.4 Å². The summed E-state index contributed by atoms with van der Waals surface area (Å²) in [7, 11) is 1.43. The number of hydrogen-bond acceptors (Lipinski definition) is 7. The van der Waals surface area contributed by atoms with Gasteiger partial charge in [-0.25, -0.2) is 8.78 Å². The van der Waals surface area contributed by atoms with Gasteiger partial charge in [-0.05, 0) is 51.7 Å². The maximum atomic E-state index is 14.9. The third-order valence-corrected chi connectivity index (χ3v) is 6.90. The van der Waals surface area contributed by atoms with Crippen LogP contribution in [0.25, 0.3) is 0 Å².